The zero-order chi connectivity index (χ0) is 19.9. The van der Waals surface area contributed by atoms with Gasteiger partial charge in [-0.15, -0.1) is 12.4 Å². The quantitative estimate of drug-likeness (QED) is 0.709. The number of hydrogen-bond donors (Lipinski definition) is 2. The molecule has 1 aromatic rings. The summed E-state index contributed by atoms with van der Waals surface area (Å²) >= 11 is 0. The van der Waals surface area contributed by atoms with Crippen molar-refractivity contribution in [3.05, 3.63) is 35.4 Å². The molecule has 2 saturated heterocycles. The normalized spacial score (nSPS) is 19.9. The van der Waals surface area contributed by atoms with Crippen LogP contribution in [0, 0.1) is 0 Å². The smallest absolute Gasteiger partial charge is 0.320 e. The summed E-state index contributed by atoms with van der Waals surface area (Å²) in [6.45, 7) is 3.39. The van der Waals surface area contributed by atoms with Crippen molar-refractivity contribution in [2.24, 2.45) is 0 Å². The molecule has 2 aliphatic heterocycles. The summed E-state index contributed by atoms with van der Waals surface area (Å²) in [6, 6.07) is 6.61. The molecule has 2 N–H and O–H groups in total. The third-order valence-electron chi connectivity index (χ3n) is 5.23. The van der Waals surface area contributed by atoms with Gasteiger partial charge in [-0.1, -0.05) is 18.6 Å². The largest absolute Gasteiger partial charge is 0.480 e. The number of benzene rings is 1. The Morgan fingerprint density at radius 2 is 1.76 bits per heavy atom. The van der Waals surface area contributed by atoms with Gasteiger partial charge in [-0.05, 0) is 37.1 Å². The number of hydrogen-bond acceptors (Lipinski definition) is 5. The summed E-state index contributed by atoms with van der Waals surface area (Å²) < 4.78 is 5.26. The van der Waals surface area contributed by atoms with Crippen LogP contribution in [-0.2, 0) is 20.9 Å². The molecule has 2 aliphatic rings. The number of nitrogens with zero attached hydrogens (tertiary/aromatic N) is 2. The Bertz CT molecular complexity index is 707. The SMILES string of the molecule is Cl.O=C(CN1CCCCC1C(=O)O)NCc1ccc(C(=O)N2CCOCC2)cc1. The number of halogens is 1. The second-order valence-corrected chi connectivity index (χ2v) is 7.20. The number of carboxylic acids is 1. The zero-order valence-electron chi connectivity index (χ0n) is 16.3. The zero-order valence-corrected chi connectivity index (χ0v) is 17.2. The van der Waals surface area contributed by atoms with E-state index in [2.05, 4.69) is 5.32 Å². The molecule has 29 heavy (non-hydrogen) atoms. The summed E-state index contributed by atoms with van der Waals surface area (Å²) in [5.41, 5.74) is 1.51. The Morgan fingerprint density at radius 3 is 2.41 bits per heavy atom. The van der Waals surface area contributed by atoms with Gasteiger partial charge in [0.25, 0.3) is 5.91 Å². The molecule has 0 aliphatic carbocycles. The molecule has 1 atom stereocenters. The molecule has 2 amide bonds. The number of carbonyl (C=O) groups excluding carboxylic acids is 2. The number of rotatable bonds is 6. The van der Waals surface area contributed by atoms with Gasteiger partial charge in [-0.25, -0.2) is 0 Å². The number of likely N-dealkylation sites (tertiary alicyclic amines) is 1. The Morgan fingerprint density at radius 1 is 1.07 bits per heavy atom. The van der Waals surface area contributed by atoms with Gasteiger partial charge in [0.2, 0.25) is 5.91 Å². The first-order chi connectivity index (χ1) is 13.5. The fraction of sp³-hybridized carbons (Fsp3) is 0.550. The van der Waals surface area contributed by atoms with E-state index in [0.29, 0.717) is 51.4 Å². The fourth-order valence-corrected chi connectivity index (χ4v) is 3.62. The minimum absolute atomic E-state index is 0. The van der Waals surface area contributed by atoms with E-state index in [1.807, 2.05) is 12.1 Å². The molecule has 2 fully saturated rings. The van der Waals surface area contributed by atoms with Crippen LogP contribution in [0.25, 0.3) is 0 Å². The molecule has 0 radical (unpaired) electrons. The van der Waals surface area contributed by atoms with Crippen molar-refractivity contribution in [1.82, 2.24) is 15.1 Å². The number of nitrogens with one attached hydrogen (secondary N) is 1. The lowest BCUT2D eigenvalue weighted by Gasteiger charge is -2.32. The van der Waals surface area contributed by atoms with E-state index in [0.717, 1.165) is 18.4 Å². The highest BCUT2D eigenvalue weighted by Crippen LogP contribution is 2.16. The van der Waals surface area contributed by atoms with Crippen LogP contribution in [0.4, 0.5) is 0 Å². The van der Waals surface area contributed by atoms with Crippen molar-refractivity contribution >= 4 is 30.2 Å². The Labute approximate surface area is 176 Å². The van der Waals surface area contributed by atoms with Crippen LogP contribution in [0.1, 0.15) is 35.2 Å². The van der Waals surface area contributed by atoms with Gasteiger partial charge in [-0.2, -0.15) is 0 Å². The lowest BCUT2D eigenvalue weighted by molar-refractivity contribution is -0.145. The number of piperidine rings is 1. The number of amides is 2. The van der Waals surface area contributed by atoms with Crippen LogP contribution >= 0.6 is 12.4 Å². The predicted octanol–water partition coefficient (Wildman–Crippen LogP) is 1.14. The average Bonchev–Trinajstić information content (AvgIpc) is 2.73. The van der Waals surface area contributed by atoms with E-state index in [4.69, 9.17) is 4.74 Å². The van der Waals surface area contributed by atoms with Gasteiger partial charge in [0.15, 0.2) is 0 Å². The maximum atomic E-state index is 12.4. The molecule has 9 heteroatoms. The number of aliphatic carboxylic acids is 1. The third-order valence-corrected chi connectivity index (χ3v) is 5.23. The van der Waals surface area contributed by atoms with Gasteiger partial charge >= 0.3 is 5.97 Å². The highest BCUT2D eigenvalue weighted by molar-refractivity contribution is 5.94. The third kappa shape index (κ3) is 6.42. The van der Waals surface area contributed by atoms with Crippen LogP contribution in [0.2, 0.25) is 0 Å². The molecule has 3 rings (SSSR count). The lowest BCUT2D eigenvalue weighted by atomic mass is 10.0. The number of morpholine rings is 1. The van der Waals surface area contributed by atoms with Crippen LogP contribution < -0.4 is 5.32 Å². The average molecular weight is 426 g/mol. The van der Waals surface area contributed by atoms with Gasteiger partial charge in [0.05, 0.1) is 19.8 Å². The van der Waals surface area contributed by atoms with E-state index < -0.39 is 12.0 Å². The van der Waals surface area contributed by atoms with Crippen molar-refractivity contribution in [3.8, 4) is 0 Å². The number of ether oxygens (including phenoxy) is 1. The molecule has 8 nitrogen and oxygen atoms in total. The Kier molecular flexibility index (Phi) is 8.88. The standard InChI is InChI=1S/C20H27N3O5.ClH/c24-18(14-23-8-2-1-3-17(23)20(26)27)21-13-15-4-6-16(7-5-15)19(25)22-9-11-28-12-10-22;/h4-7,17H,1-3,8-14H2,(H,21,24)(H,26,27);1H. The van der Waals surface area contributed by atoms with Crippen LogP contribution in [-0.4, -0.2) is 78.1 Å². The van der Waals surface area contributed by atoms with Gasteiger partial charge in [-0.3, -0.25) is 19.3 Å². The van der Waals surface area contributed by atoms with Crippen molar-refractivity contribution in [2.75, 3.05) is 39.4 Å². The summed E-state index contributed by atoms with van der Waals surface area (Å²) in [7, 11) is 0. The second-order valence-electron chi connectivity index (χ2n) is 7.20. The van der Waals surface area contributed by atoms with E-state index in [1.165, 1.54) is 0 Å². The Hall–Kier alpha value is -2.16. The summed E-state index contributed by atoms with van der Waals surface area (Å²) in [5.74, 6) is -1.07. The Balaban J connectivity index is 0.00000300. The van der Waals surface area contributed by atoms with Crippen molar-refractivity contribution in [1.29, 1.82) is 0 Å². The fourth-order valence-electron chi connectivity index (χ4n) is 3.62. The highest BCUT2D eigenvalue weighted by atomic mass is 35.5. The molecule has 0 spiro atoms. The highest BCUT2D eigenvalue weighted by Gasteiger charge is 2.29. The molecule has 1 unspecified atom stereocenters. The molecule has 0 saturated carbocycles. The molecule has 160 valence electrons. The molecule has 0 bridgehead atoms. The lowest BCUT2D eigenvalue weighted by Crippen LogP contribution is -2.48. The minimum Gasteiger partial charge on any atom is -0.480 e. The molecule has 0 aromatic heterocycles. The van der Waals surface area contributed by atoms with Gasteiger partial charge in [0, 0.05) is 25.2 Å². The minimum atomic E-state index is -0.868. The van der Waals surface area contributed by atoms with Crippen molar-refractivity contribution in [2.45, 2.75) is 31.8 Å². The number of carboxylic acid groups (broad SMARTS) is 1. The van der Waals surface area contributed by atoms with Crippen LogP contribution in [0.15, 0.2) is 24.3 Å². The molecular formula is C20H28ClN3O5. The first kappa shape index (κ1) is 23.1. The monoisotopic (exact) mass is 425 g/mol. The maximum absolute atomic E-state index is 12.4. The van der Waals surface area contributed by atoms with Crippen LogP contribution in [0.5, 0.6) is 0 Å². The molecular weight excluding hydrogens is 398 g/mol. The first-order valence-electron chi connectivity index (χ1n) is 9.74. The molecule has 1 aromatic carbocycles. The van der Waals surface area contributed by atoms with E-state index in [-0.39, 0.29) is 30.8 Å². The second kappa shape index (κ2) is 11.1. The first-order valence-corrected chi connectivity index (χ1v) is 9.74. The van der Waals surface area contributed by atoms with E-state index in [9.17, 15) is 19.5 Å². The summed E-state index contributed by atoms with van der Waals surface area (Å²) in [4.78, 5) is 39.5. The summed E-state index contributed by atoms with van der Waals surface area (Å²) in [6.07, 6.45) is 2.38. The van der Waals surface area contributed by atoms with Gasteiger partial charge < -0.3 is 20.1 Å². The van der Waals surface area contributed by atoms with E-state index in [1.54, 1.807) is 21.9 Å². The van der Waals surface area contributed by atoms with Crippen molar-refractivity contribution < 1.29 is 24.2 Å². The van der Waals surface area contributed by atoms with E-state index >= 15 is 0 Å². The molecule has 2 heterocycles. The summed E-state index contributed by atoms with van der Waals surface area (Å²) in [5, 5.41) is 12.1. The number of carbonyl (C=O) groups is 3. The predicted molar refractivity (Wildman–Crippen MR) is 109 cm³/mol. The maximum Gasteiger partial charge on any atom is 0.320 e. The topological polar surface area (TPSA) is 99.2 Å². The van der Waals surface area contributed by atoms with Crippen molar-refractivity contribution in [3.63, 3.8) is 0 Å². The van der Waals surface area contributed by atoms with Gasteiger partial charge in [0.1, 0.15) is 6.04 Å². The van der Waals surface area contributed by atoms with Crippen LogP contribution in [0.3, 0.4) is 0 Å².